The molecule has 0 aromatic heterocycles. The molecule has 1 fully saturated rings. The summed E-state index contributed by atoms with van der Waals surface area (Å²) in [6.45, 7) is 3.38. The minimum Gasteiger partial charge on any atom is -0.496 e. The molecule has 1 amide bonds. The van der Waals surface area contributed by atoms with Crippen LogP contribution >= 0.6 is 0 Å². The van der Waals surface area contributed by atoms with Crippen LogP contribution in [0.15, 0.2) is 60.7 Å². The fourth-order valence-electron chi connectivity index (χ4n) is 4.84. The van der Waals surface area contributed by atoms with Crippen LogP contribution in [-0.2, 0) is 22.6 Å². The molecule has 0 radical (unpaired) electrons. The van der Waals surface area contributed by atoms with Crippen LogP contribution in [-0.4, -0.2) is 36.8 Å². The van der Waals surface area contributed by atoms with Gasteiger partial charge in [0.2, 0.25) is 11.7 Å². The van der Waals surface area contributed by atoms with Gasteiger partial charge in [-0.25, -0.2) is 4.39 Å². The zero-order valence-corrected chi connectivity index (χ0v) is 20.2. The van der Waals surface area contributed by atoms with E-state index in [1.807, 2.05) is 53.4 Å². The molecule has 2 aliphatic heterocycles. The minimum absolute atomic E-state index is 0.136. The normalized spacial score (nSPS) is 16.5. The third-order valence-electron chi connectivity index (χ3n) is 7.03. The van der Waals surface area contributed by atoms with E-state index in [9.17, 15) is 9.18 Å². The predicted octanol–water partition coefficient (Wildman–Crippen LogP) is 5.67. The molecule has 0 bridgehead atoms. The van der Waals surface area contributed by atoms with E-state index < -0.39 is 5.79 Å². The molecule has 6 heteroatoms. The lowest BCUT2D eigenvalue weighted by atomic mass is 9.98. The van der Waals surface area contributed by atoms with E-state index >= 15 is 0 Å². The van der Waals surface area contributed by atoms with Gasteiger partial charge in [-0.15, -0.1) is 0 Å². The van der Waals surface area contributed by atoms with E-state index in [0.29, 0.717) is 50.9 Å². The molecule has 182 valence electrons. The number of rotatable bonds is 5. The fourth-order valence-corrected chi connectivity index (χ4v) is 4.84. The van der Waals surface area contributed by atoms with Crippen LogP contribution in [0.4, 0.5) is 4.39 Å². The summed E-state index contributed by atoms with van der Waals surface area (Å²) in [6.07, 6.45) is 2.34. The molecular formula is C29H30FNO4. The van der Waals surface area contributed by atoms with E-state index in [1.54, 1.807) is 26.2 Å². The Labute approximate surface area is 205 Å². The number of fused-ring (bicyclic) bond motifs is 1. The monoisotopic (exact) mass is 475 g/mol. The first kappa shape index (κ1) is 23.4. The topological polar surface area (TPSA) is 48.0 Å². The van der Waals surface area contributed by atoms with Crippen molar-refractivity contribution in [3.8, 4) is 22.6 Å². The molecule has 0 aliphatic carbocycles. The molecule has 2 aliphatic rings. The molecule has 35 heavy (non-hydrogen) atoms. The smallest absolute Gasteiger partial charge is 0.222 e. The van der Waals surface area contributed by atoms with Crippen LogP contribution in [0, 0.1) is 12.7 Å². The standard InChI is InChI=1S/C29H30FNO4/c1-20-7-8-23(18-25(20)30)22-9-11-27-24(17-22)19-34-29(35-27)13-15-31(16-14-29)28(32)12-10-21-5-3-4-6-26(21)33-2/h3-9,11,17-18H,10,12-16,19H2,1-2H3. The van der Waals surface area contributed by atoms with Crippen molar-refractivity contribution in [3.63, 3.8) is 0 Å². The number of aryl methyl sites for hydroxylation is 2. The highest BCUT2D eigenvalue weighted by Gasteiger charge is 2.41. The molecule has 0 unspecified atom stereocenters. The number of hydrogen-bond acceptors (Lipinski definition) is 4. The highest BCUT2D eigenvalue weighted by atomic mass is 19.1. The fraction of sp³-hybridized carbons (Fsp3) is 0.345. The first-order valence-electron chi connectivity index (χ1n) is 12.1. The van der Waals surface area contributed by atoms with Crippen molar-refractivity contribution in [1.82, 2.24) is 4.90 Å². The van der Waals surface area contributed by atoms with Crippen molar-refractivity contribution in [2.75, 3.05) is 20.2 Å². The Morgan fingerprint density at radius 3 is 2.57 bits per heavy atom. The van der Waals surface area contributed by atoms with Crippen LogP contribution in [0.25, 0.3) is 11.1 Å². The lowest BCUT2D eigenvalue weighted by molar-refractivity contribution is -0.227. The maximum atomic E-state index is 14.0. The molecule has 0 N–H and O–H groups in total. The Kier molecular flexibility index (Phi) is 6.48. The molecule has 1 saturated heterocycles. The molecule has 5 rings (SSSR count). The quantitative estimate of drug-likeness (QED) is 0.477. The molecular weight excluding hydrogens is 445 g/mol. The lowest BCUT2D eigenvalue weighted by Gasteiger charge is -2.44. The van der Waals surface area contributed by atoms with Crippen molar-refractivity contribution in [1.29, 1.82) is 0 Å². The minimum atomic E-state index is -0.704. The van der Waals surface area contributed by atoms with Crippen LogP contribution in [0.1, 0.15) is 36.0 Å². The maximum absolute atomic E-state index is 14.0. The molecule has 3 aromatic rings. The van der Waals surface area contributed by atoms with E-state index in [1.165, 1.54) is 0 Å². The third-order valence-corrected chi connectivity index (χ3v) is 7.03. The number of nitrogens with zero attached hydrogens (tertiary/aromatic N) is 1. The van der Waals surface area contributed by atoms with Gasteiger partial charge < -0.3 is 19.1 Å². The first-order chi connectivity index (χ1) is 17.0. The van der Waals surface area contributed by atoms with Gasteiger partial charge in [-0.2, -0.15) is 0 Å². The van der Waals surface area contributed by atoms with Crippen molar-refractivity contribution < 1.29 is 23.4 Å². The Morgan fingerprint density at radius 2 is 1.80 bits per heavy atom. The maximum Gasteiger partial charge on any atom is 0.222 e. The second-order valence-corrected chi connectivity index (χ2v) is 9.28. The summed E-state index contributed by atoms with van der Waals surface area (Å²) in [5, 5.41) is 0. The molecule has 1 spiro atoms. The van der Waals surface area contributed by atoms with E-state index in [2.05, 4.69) is 0 Å². The number of ether oxygens (including phenoxy) is 3. The molecule has 3 aromatic carbocycles. The van der Waals surface area contributed by atoms with E-state index in [4.69, 9.17) is 14.2 Å². The zero-order valence-electron chi connectivity index (χ0n) is 20.2. The van der Waals surface area contributed by atoms with Crippen molar-refractivity contribution in [2.24, 2.45) is 0 Å². The molecule has 0 atom stereocenters. The number of carbonyl (C=O) groups is 1. The number of amides is 1. The van der Waals surface area contributed by atoms with Crippen LogP contribution in [0.2, 0.25) is 0 Å². The predicted molar refractivity (Wildman–Crippen MR) is 132 cm³/mol. The summed E-state index contributed by atoms with van der Waals surface area (Å²) in [5.41, 5.74) is 4.38. The Hall–Kier alpha value is -3.38. The summed E-state index contributed by atoms with van der Waals surface area (Å²) in [7, 11) is 1.65. The van der Waals surface area contributed by atoms with E-state index in [-0.39, 0.29) is 11.7 Å². The zero-order chi connectivity index (χ0) is 24.4. The Bertz CT molecular complexity index is 1230. The lowest BCUT2D eigenvalue weighted by Crippen LogP contribution is -2.52. The van der Waals surface area contributed by atoms with Gasteiger partial charge >= 0.3 is 0 Å². The summed E-state index contributed by atoms with van der Waals surface area (Å²) in [6, 6.07) is 19.0. The van der Waals surface area contributed by atoms with Crippen molar-refractivity contribution in [2.45, 2.75) is 45.0 Å². The summed E-state index contributed by atoms with van der Waals surface area (Å²) in [4.78, 5) is 14.7. The SMILES string of the molecule is COc1ccccc1CCC(=O)N1CCC2(CC1)OCc1cc(-c3ccc(C)c(F)c3)ccc1O2. The van der Waals surface area contributed by atoms with Gasteiger partial charge in [0.15, 0.2) is 0 Å². The average molecular weight is 476 g/mol. The van der Waals surface area contributed by atoms with Crippen LogP contribution < -0.4 is 9.47 Å². The number of methoxy groups -OCH3 is 1. The Balaban J connectivity index is 1.19. The van der Waals surface area contributed by atoms with Gasteiger partial charge in [-0.1, -0.05) is 36.4 Å². The second kappa shape index (κ2) is 9.70. The van der Waals surface area contributed by atoms with Crippen molar-refractivity contribution >= 4 is 5.91 Å². The number of carbonyl (C=O) groups excluding carboxylic acids is 1. The number of benzene rings is 3. The number of piperidine rings is 1. The molecule has 2 heterocycles. The van der Waals surface area contributed by atoms with Gasteiger partial charge in [0.05, 0.1) is 13.7 Å². The summed E-state index contributed by atoms with van der Waals surface area (Å²) in [5.74, 6) is 0.830. The van der Waals surface area contributed by atoms with Gasteiger partial charge in [0, 0.05) is 37.9 Å². The largest absolute Gasteiger partial charge is 0.496 e. The number of halogens is 1. The first-order valence-corrected chi connectivity index (χ1v) is 12.1. The number of para-hydroxylation sites is 1. The Morgan fingerprint density at radius 1 is 1.06 bits per heavy atom. The highest BCUT2D eigenvalue weighted by Crippen LogP contribution is 2.39. The number of likely N-dealkylation sites (tertiary alicyclic amines) is 1. The third kappa shape index (κ3) is 4.89. The summed E-state index contributed by atoms with van der Waals surface area (Å²) >= 11 is 0. The van der Waals surface area contributed by atoms with Gasteiger partial charge in [-0.05, 0) is 59.9 Å². The highest BCUT2D eigenvalue weighted by molar-refractivity contribution is 5.76. The second-order valence-electron chi connectivity index (χ2n) is 9.28. The van der Waals surface area contributed by atoms with E-state index in [0.717, 1.165) is 33.8 Å². The molecule has 5 nitrogen and oxygen atoms in total. The van der Waals surface area contributed by atoms with Crippen molar-refractivity contribution in [3.05, 3.63) is 83.2 Å². The summed E-state index contributed by atoms with van der Waals surface area (Å²) < 4.78 is 31.9. The van der Waals surface area contributed by atoms with Gasteiger partial charge in [0.25, 0.3) is 0 Å². The van der Waals surface area contributed by atoms with Crippen LogP contribution in [0.5, 0.6) is 11.5 Å². The molecule has 0 saturated carbocycles. The van der Waals surface area contributed by atoms with Crippen LogP contribution in [0.3, 0.4) is 0 Å². The average Bonchev–Trinajstić information content (AvgIpc) is 2.89. The van der Waals surface area contributed by atoms with Gasteiger partial charge in [-0.3, -0.25) is 4.79 Å². The van der Waals surface area contributed by atoms with Gasteiger partial charge in [0.1, 0.15) is 17.3 Å². The number of hydrogen-bond donors (Lipinski definition) is 0.